The quantitative estimate of drug-likeness (QED) is 0.0554. The van der Waals surface area contributed by atoms with E-state index in [1.165, 1.54) is 51.8 Å². The number of phenols is 2. The summed E-state index contributed by atoms with van der Waals surface area (Å²) in [7, 11) is 4.40. The molecule has 2 aliphatic heterocycles. The second-order valence-electron chi connectivity index (χ2n) is 16.6. The summed E-state index contributed by atoms with van der Waals surface area (Å²) in [5.74, 6) is -3.49. The molecular weight excluding hydrogens is 821 g/mol. The van der Waals surface area contributed by atoms with Gasteiger partial charge in [0.1, 0.15) is 23.0 Å². The Bertz CT molecular complexity index is 3150. The van der Waals surface area contributed by atoms with Crippen molar-refractivity contribution in [2.75, 3.05) is 26.6 Å². The molecule has 3 unspecified atom stereocenters. The lowest BCUT2D eigenvalue weighted by molar-refractivity contribution is -0.140. The molecule has 0 bridgehead atoms. The van der Waals surface area contributed by atoms with Crippen LogP contribution in [0.3, 0.4) is 0 Å². The minimum atomic E-state index is -1.24. The van der Waals surface area contributed by atoms with E-state index in [1.54, 1.807) is 46.9 Å². The average Bonchev–Trinajstić information content (AvgIpc) is 3.32. The van der Waals surface area contributed by atoms with Crippen molar-refractivity contribution in [1.82, 2.24) is 4.98 Å². The third-order valence-corrected chi connectivity index (χ3v) is 14.8. The van der Waals surface area contributed by atoms with Crippen LogP contribution in [0.1, 0.15) is 64.3 Å². The Kier molecular flexibility index (Phi) is 9.11. The summed E-state index contributed by atoms with van der Waals surface area (Å²) in [5, 5.41) is 53.6. The van der Waals surface area contributed by atoms with Gasteiger partial charge in [-0.2, -0.15) is 0 Å². The smallest absolute Gasteiger partial charge is 0.329 e. The number of benzene rings is 5. The molecule has 0 spiro atoms. The number of pyridine rings is 1. The van der Waals surface area contributed by atoms with Gasteiger partial charge in [-0.1, -0.05) is 17.7 Å². The van der Waals surface area contributed by atoms with Crippen molar-refractivity contribution < 1.29 is 49.0 Å². The number of Topliss-reactive ketones (excluding diaryl/α,β-unsaturated/α-hetero) is 1. The zero-order valence-electron chi connectivity index (χ0n) is 34.7. The number of aromatic nitrogens is 1. The number of fused-ring (bicyclic) bond motifs is 5. The van der Waals surface area contributed by atoms with Gasteiger partial charge in [0.05, 0.1) is 76.5 Å². The van der Waals surface area contributed by atoms with Crippen LogP contribution >= 0.6 is 23.5 Å². The average molecular weight is 863 g/mol. The number of carbonyl (C=O) groups excluding carboxylic acids is 1. The van der Waals surface area contributed by atoms with Crippen LogP contribution < -0.4 is 30.2 Å². The number of rotatable bonds is 9. The third-order valence-electron chi connectivity index (χ3n) is 12.1. The van der Waals surface area contributed by atoms with E-state index in [0.717, 1.165) is 0 Å². The lowest BCUT2D eigenvalue weighted by Crippen LogP contribution is -2.43. The number of aliphatic carboxylic acids is 2. The van der Waals surface area contributed by atoms with Gasteiger partial charge in [-0.15, -0.1) is 23.5 Å². The van der Waals surface area contributed by atoms with Gasteiger partial charge in [0.25, 0.3) is 0 Å². The SMILES string of the molecule is COc1c(O)c2c3c(c(OC)c4c5c(OC)c6c(c7c(O)c(NCc8ccccn8)c8c(c(c1C(C(C)=O)C(C)=C8)c24)c75)=NC(C(=O)O)C(C)(C)S6)SC(C)(C)C(C(=O)O)N=3. The van der Waals surface area contributed by atoms with E-state index >= 15 is 0 Å². The molecule has 6 aromatic rings. The first-order chi connectivity index (χ1) is 28.9. The third kappa shape index (κ3) is 5.50. The van der Waals surface area contributed by atoms with Gasteiger partial charge >= 0.3 is 11.9 Å². The molecule has 3 heterocycles. The number of carbonyl (C=O) groups is 3. The maximum Gasteiger partial charge on any atom is 0.329 e. The Morgan fingerprint density at radius 1 is 0.738 bits per heavy atom. The summed E-state index contributed by atoms with van der Waals surface area (Å²) in [6.07, 6.45) is 3.49. The summed E-state index contributed by atoms with van der Waals surface area (Å²) in [6, 6.07) is 3.01. The number of nitrogens with zero attached hydrogens (tertiary/aromatic N) is 3. The molecule has 3 aliphatic rings. The molecule has 0 fully saturated rings. The van der Waals surface area contributed by atoms with Crippen molar-refractivity contribution in [2.24, 2.45) is 9.98 Å². The number of nitrogens with one attached hydrogen (secondary N) is 1. The second kappa shape index (κ2) is 13.8. The van der Waals surface area contributed by atoms with Crippen molar-refractivity contribution >= 4 is 96.1 Å². The Morgan fingerprint density at radius 2 is 1.26 bits per heavy atom. The predicted molar refractivity (Wildman–Crippen MR) is 234 cm³/mol. The summed E-state index contributed by atoms with van der Waals surface area (Å²) >= 11 is 2.50. The number of phenolic OH excluding ortho intramolecular Hbond substituents is 2. The largest absolute Gasteiger partial charge is 0.505 e. The van der Waals surface area contributed by atoms with Crippen molar-refractivity contribution in [3.05, 3.63) is 57.5 Å². The summed E-state index contributed by atoms with van der Waals surface area (Å²) in [6.45, 7) is 10.5. The fraction of sp³-hybridized carbons (Fsp3) is 0.333. The van der Waals surface area contributed by atoms with Gasteiger partial charge in [0.2, 0.25) is 0 Å². The zero-order chi connectivity index (χ0) is 43.8. The topological polar surface area (TPSA) is 209 Å². The van der Waals surface area contributed by atoms with Gasteiger partial charge in [0, 0.05) is 53.7 Å². The van der Waals surface area contributed by atoms with E-state index < -0.39 is 39.4 Å². The van der Waals surface area contributed by atoms with Crippen LogP contribution in [0.2, 0.25) is 0 Å². The molecule has 5 aromatic carbocycles. The molecule has 1 aromatic heterocycles. The van der Waals surface area contributed by atoms with Gasteiger partial charge < -0.3 is 40.0 Å². The normalized spacial score (nSPS) is 19.8. The standard InChI is InChI=1S/C45H42N4O10S2/c1-16-14-19-21-22-24-27(37(59-9)39-32(49-41(43(55)56)45(5,6)61-39)29(24)34(52)35(57-7)25(22)20(16)17(2)50)26-23(21)28(33(51)30(19)47-15-18-12-10-11-13-46-18)31-38(36(26)58-8)60-44(3,4)40(48-31)42(53)54/h10-14,20,40-41,47,51-52H,15H2,1-9H3,(H,53,54)(H,55,56). The van der Waals surface area contributed by atoms with E-state index in [2.05, 4.69) is 10.3 Å². The molecule has 5 N–H and O–H groups in total. The van der Waals surface area contributed by atoms with E-state index in [4.69, 9.17) is 24.2 Å². The van der Waals surface area contributed by atoms with Gasteiger partial charge in [0.15, 0.2) is 23.6 Å². The fourth-order valence-electron chi connectivity index (χ4n) is 9.63. The molecule has 16 heteroatoms. The maximum absolute atomic E-state index is 14.1. The minimum absolute atomic E-state index is 0.0101. The molecule has 9 rings (SSSR count). The van der Waals surface area contributed by atoms with Crippen LogP contribution in [-0.2, 0) is 20.9 Å². The number of aromatic hydroxyl groups is 2. The molecule has 1 aliphatic carbocycles. The molecule has 0 radical (unpaired) electrons. The number of ether oxygens (including phenoxy) is 3. The number of thioether (sulfide) groups is 2. The van der Waals surface area contributed by atoms with Crippen molar-refractivity contribution in [3.63, 3.8) is 0 Å². The van der Waals surface area contributed by atoms with E-state index in [1.807, 2.05) is 18.2 Å². The maximum atomic E-state index is 14.1. The number of hydrogen-bond acceptors (Lipinski definition) is 14. The molecule has 0 amide bonds. The number of carboxylic acids is 2. The Labute approximate surface area is 357 Å². The lowest BCUT2D eigenvalue weighted by Gasteiger charge is -2.35. The van der Waals surface area contributed by atoms with Crippen molar-refractivity contribution in [3.8, 4) is 28.7 Å². The van der Waals surface area contributed by atoms with Gasteiger partial charge in [-0.05, 0) is 59.1 Å². The van der Waals surface area contributed by atoms with Gasteiger partial charge in [-0.25, -0.2) is 9.59 Å². The molecule has 61 heavy (non-hydrogen) atoms. The highest BCUT2D eigenvalue weighted by Gasteiger charge is 2.46. The number of ketones is 1. The van der Waals surface area contributed by atoms with E-state index in [0.29, 0.717) is 76.0 Å². The van der Waals surface area contributed by atoms with Gasteiger partial charge in [-0.3, -0.25) is 19.8 Å². The molecule has 3 atom stereocenters. The Morgan fingerprint density at radius 3 is 1.74 bits per heavy atom. The predicted octanol–water partition coefficient (Wildman–Crippen LogP) is 7.19. The summed E-state index contributed by atoms with van der Waals surface area (Å²) in [4.78, 5) is 55.1. The number of anilines is 1. The van der Waals surface area contributed by atoms with Crippen LogP contribution in [-0.4, -0.2) is 86.0 Å². The number of carboxylic acid groups (broad SMARTS) is 2. The van der Waals surface area contributed by atoms with Crippen LogP contribution in [0, 0.1) is 0 Å². The van der Waals surface area contributed by atoms with Crippen molar-refractivity contribution in [1.29, 1.82) is 0 Å². The van der Waals surface area contributed by atoms with Crippen LogP contribution in [0.5, 0.6) is 28.7 Å². The van der Waals surface area contributed by atoms with Crippen LogP contribution in [0.15, 0.2) is 49.7 Å². The van der Waals surface area contributed by atoms with Crippen LogP contribution in [0.25, 0.3) is 49.2 Å². The molecular formula is C45H42N4O10S2. The Balaban J connectivity index is 1.68. The molecule has 0 saturated carbocycles. The first kappa shape index (κ1) is 40.4. The summed E-state index contributed by atoms with van der Waals surface area (Å²) in [5.41, 5.74) is 2.33. The van der Waals surface area contributed by atoms with E-state index in [9.17, 15) is 34.8 Å². The molecule has 0 saturated heterocycles. The van der Waals surface area contributed by atoms with Crippen molar-refractivity contribution in [2.45, 2.75) is 85.4 Å². The number of methoxy groups -OCH3 is 3. The second-order valence-corrected chi connectivity index (χ2v) is 19.9. The molecule has 314 valence electrons. The minimum Gasteiger partial charge on any atom is -0.505 e. The summed E-state index contributed by atoms with van der Waals surface area (Å²) < 4.78 is 16.9. The van der Waals surface area contributed by atoms with Crippen LogP contribution in [0.4, 0.5) is 5.69 Å². The first-order valence-electron chi connectivity index (χ1n) is 19.4. The molecule has 14 nitrogen and oxygen atoms in total. The highest BCUT2D eigenvalue weighted by atomic mass is 32.2. The number of hydrogen-bond donors (Lipinski definition) is 5. The Hall–Kier alpha value is -6.00. The number of allylic oxidation sites excluding steroid dienone is 1. The lowest BCUT2D eigenvalue weighted by atomic mass is 9.80. The fourth-order valence-corrected chi connectivity index (χ4v) is 12.3. The monoisotopic (exact) mass is 862 g/mol. The zero-order valence-corrected chi connectivity index (χ0v) is 36.4. The van der Waals surface area contributed by atoms with E-state index in [-0.39, 0.29) is 56.8 Å². The first-order valence-corrected chi connectivity index (χ1v) is 21.1. The highest BCUT2D eigenvalue weighted by Crippen LogP contribution is 2.61. The highest BCUT2D eigenvalue weighted by molar-refractivity contribution is 8.01.